The number of ether oxygens (including phenoxy) is 2. The highest BCUT2D eigenvalue weighted by atomic mass is 35.5. The number of fused-ring (bicyclic) bond motifs is 3. The average Bonchev–Trinajstić information content (AvgIpc) is 2.78. The monoisotopic (exact) mass is 438 g/mol. The van der Waals surface area contributed by atoms with Gasteiger partial charge in [0.2, 0.25) is 0 Å². The number of halogens is 3. The number of aldehydes is 2. The Balaban J connectivity index is 0.000000222. The van der Waals surface area contributed by atoms with Crippen molar-refractivity contribution < 1.29 is 27.8 Å². The van der Waals surface area contributed by atoms with Gasteiger partial charge >= 0.3 is 0 Å². The first-order chi connectivity index (χ1) is 14.4. The number of benzene rings is 2. The van der Waals surface area contributed by atoms with Crippen molar-refractivity contribution >= 4 is 24.2 Å². The van der Waals surface area contributed by atoms with E-state index in [9.17, 15) is 18.4 Å². The predicted molar refractivity (Wildman–Crippen MR) is 111 cm³/mol. The van der Waals surface area contributed by atoms with Crippen LogP contribution in [0, 0.1) is 24.5 Å². The van der Waals surface area contributed by atoms with Crippen molar-refractivity contribution in [3.05, 3.63) is 64.2 Å². The Hall–Kier alpha value is -2.31. The molecule has 1 fully saturated rings. The molecule has 2 unspecified atom stereocenters. The fourth-order valence-corrected chi connectivity index (χ4v) is 3.51. The van der Waals surface area contributed by atoms with Crippen molar-refractivity contribution in [2.24, 2.45) is 5.92 Å². The molecule has 0 bridgehead atoms. The minimum atomic E-state index is -1.02. The van der Waals surface area contributed by atoms with Crippen molar-refractivity contribution in [1.29, 1.82) is 0 Å². The fraction of sp³-hybridized carbons (Fsp3) is 0.391. The molecular formula is C23H25ClF2O4. The van der Waals surface area contributed by atoms with Crippen molar-refractivity contribution in [3.63, 3.8) is 0 Å². The molecule has 0 amide bonds. The lowest BCUT2D eigenvalue weighted by molar-refractivity contribution is -0.123. The maximum absolute atomic E-state index is 14.0. The first kappa shape index (κ1) is 24.0. The van der Waals surface area contributed by atoms with E-state index in [1.54, 1.807) is 0 Å². The van der Waals surface area contributed by atoms with Crippen LogP contribution in [0.25, 0.3) is 0 Å². The second kappa shape index (κ2) is 11.2. The van der Waals surface area contributed by atoms with Crippen molar-refractivity contribution in [2.45, 2.75) is 32.1 Å². The van der Waals surface area contributed by atoms with Gasteiger partial charge in [-0.3, -0.25) is 0 Å². The lowest BCUT2D eigenvalue weighted by Gasteiger charge is -2.44. The van der Waals surface area contributed by atoms with Crippen LogP contribution in [-0.4, -0.2) is 32.4 Å². The molecule has 2 aliphatic rings. The van der Waals surface area contributed by atoms with Gasteiger partial charge in [0.15, 0.2) is 11.6 Å². The molecule has 0 N–H and O–H groups in total. The average molecular weight is 439 g/mol. The van der Waals surface area contributed by atoms with Crippen LogP contribution in [0.4, 0.5) is 8.78 Å². The smallest absolute Gasteiger partial charge is 0.165 e. The number of rotatable bonds is 2. The summed E-state index contributed by atoms with van der Waals surface area (Å²) in [5, 5.41) is 0.801. The molecule has 2 atom stereocenters. The largest absolute Gasteiger partial charge is 0.490 e. The van der Waals surface area contributed by atoms with Crippen molar-refractivity contribution in [1.82, 2.24) is 0 Å². The fourth-order valence-electron chi connectivity index (χ4n) is 3.38. The Kier molecular flexibility index (Phi) is 8.93. The molecule has 30 heavy (non-hydrogen) atoms. The minimum absolute atomic E-state index is 0.0528. The summed E-state index contributed by atoms with van der Waals surface area (Å²) >= 11 is 5.61. The second-order valence-electron chi connectivity index (χ2n) is 7.09. The summed E-state index contributed by atoms with van der Waals surface area (Å²) in [6.07, 6.45) is 2.60. The van der Waals surface area contributed by atoms with E-state index in [0.29, 0.717) is 26.1 Å². The zero-order chi connectivity index (χ0) is 22.1. The Morgan fingerprint density at radius 1 is 1.10 bits per heavy atom. The Bertz CT molecular complexity index is 836. The molecule has 2 aliphatic heterocycles. The van der Waals surface area contributed by atoms with Gasteiger partial charge in [0.1, 0.15) is 18.4 Å². The van der Waals surface area contributed by atoms with Crippen LogP contribution in [0.5, 0.6) is 5.75 Å². The van der Waals surface area contributed by atoms with Gasteiger partial charge < -0.3 is 19.1 Å². The molecule has 4 rings (SSSR count). The first-order valence-corrected chi connectivity index (χ1v) is 10.1. The van der Waals surface area contributed by atoms with Crippen LogP contribution < -0.4 is 4.74 Å². The molecule has 0 spiro atoms. The lowest BCUT2D eigenvalue weighted by atomic mass is 9.67. The topological polar surface area (TPSA) is 52.6 Å². The number of hydrogen-bond acceptors (Lipinski definition) is 4. The van der Waals surface area contributed by atoms with E-state index >= 15 is 0 Å². The SMILES string of the molecule is CCC=O.Cc1ccc(Cl)cc1.O=CC12CCOCC1COc1c(F)ccc(F)c12. The highest BCUT2D eigenvalue weighted by Gasteiger charge is 2.50. The number of carbonyl (C=O) groups excluding carboxylic acids is 2. The molecule has 0 saturated carbocycles. The molecule has 1 saturated heterocycles. The van der Waals surface area contributed by atoms with Crippen molar-refractivity contribution in [3.8, 4) is 5.75 Å². The number of hydrogen-bond donors (Lipinski definition) is 0. The van der Waals surface area contributed by atoms with Crippen LogP contribution in [0.15, 0.2) is 36.4 Å². The van der Waals surface area contributed by atoms with Gasteiger partial charge in [0.05, 0.1) is 18.6 Å². The third-order valence-electron chi connectivity index (χ3n) is 5.05. The third-order valence-corrected chi connectivity index (χ3v) is 5.30. The number of aryl methyl sites for hydroxylation is 1. The van der Waals surface area contributed by atoms with E-state index in [1.165, 1.54) is 5.56 Å². The van der Waals surface area contributed by atoms with Gasteiger partial charge in [-0.05, 0) is 37.6 Å². The highest BCUT2D eigenvalue weighted by molar-refractivity contribution is 6.30. The molecule has 0 aliphatic carbocycles. The summed E-state index contributed by atoms with van der Waals surface area (Å²) in [6, 6.07) is 9.81. The second-order valence-corrected chi connectivity index (χ2v) is 7.53. The van der Waals surface area contributed by atoms with Crippen molar-refractivity contribution in [2.75, 3.05) is 19.8 Å². The first-order valence-electron chi connectivity index (χ1n) is 9.70. The maximum Gasteiger partial charge on any atom is 0.165 e. The molecule has 2 aromatic carbocycles. The third kappa shape index (κ3) is 5.43. The van der Waals surface area contributed by atoms with Gasteiger partial charge in [-0.15, -0.1) is 0 Å². The van der Waals surface area contributed by atoms with E-state index in [-0.39, 0.29) is 23.8 Å². The van der Waals surface area contributed by atoms with Crippen LogP contribution >= 0.6 is 11.6 Å². The molecule has 162 valence electrons. The summed E-state index contributed by atoms with van der Waals surface area (Å²) in [4.78, 5) is 20.7. The van der Waals surface area contributed by atoms with Crippen LogP contribution in [0.1, 0.15) is 30.9 Å². The van der Waals surface area contributed by atoms with E-state index in [0.717, 1.165) is 29.7 Å². The molecule has 4 nitrogen and oxygen atoms in total. The van der Waals surface area contributed by atoms with Gasteiger partial charge in [-0.25, -0.2) is 8.78 Å². The van der Waals surface area contributed by atoms with Crippen LogP contribution in [-0.2, 0) is 19.7 Å². The highest BCUT2D eigenvalue weighted by Crippen LogP contribution is 2.47. The summed E-state index contributed by atoms with van der Waals surface area (Å²) in [6.45, 7) is 4.72. The van der Waals surface area contributed by atoms with E-state index in [1.807, 2.05) is 38.1 Å². The lowest BCUT2D eigenvalue weighted by Crippen LogP contribution is -2.50. The van der Waals surface area contributed by atoms with Crippen LogP contribution in [0.3, 0.4) is 0 Å². The maximum atomic E-state index is 14.0. The van der Waals surface area contributed by atoms with Gasteiger partial charge in [-0.1, -0.05) is 36.2 Å². The zero-order valence-electron chi connectivity index (χ0n) is 17.0. The number of carbonyl (C=O) groups is 2. The molecule has 2 heterocycles. The van der Waals surface area contributed by atoms with E-state index < -0.39 is 17.0 Å². The Morgan fingerprint density at radius 2 is 1.73 bits per heavy atom. The molecular weight excluding hydrogens is 414 g/mol. The Labute approximate surface area is 180 Å². The predicted octanol–water partition coefficient (Wildman–Crippen LogP) is 5.07. The summed E-state index contributed by atoms with van der Waals surface area (Å²) in [5.74, 6) is -1.60. The van der Waals surface area contributed by atoms with Gasteiger partial charge in [0.25, 0.3) is 0 Å². The molecule has 0 radical (unpaired) electrons. The summed E-state index contributed by atoms with van der Waals surface area (Å²) in [5.41, 5.74) is 0.282. The minimum Gasteiger partial charge on any atom is -0.490 e. The molecule has 2 aromatic rings. The standard InChI is InChI=1S/C13H12F2O3.C7H7Cl.C3H6O/c14-9-1-2-10(15)12-11(9)13(7-16)3-4-17-5-8(13)6-18-12;1-6-2-4-7(8)5-3-6;1-2-3-4/h1-2,7-8H,3-6H2;2-5H,1H3;3H,2H2,1H3. The summed E-state index contributed by atoms with van der Waals surface area (Å²) in [7, 11) is 0. The van der Waals surface area contributed by atoms with Gasteiger partial charge in [0, 0.05) is 29.5 Å². The molecule has 0 aromatic heterocycles. The quantitative estimate of drug-likeness (QED) is 0.614. The summed E-state index contributed by atoms with van der Waals surface area (Å²) < 4.78 is 38.3. The normalized spacial score (nSPS) is 21.3. The van der Waals surface area contributed by atoms with E-state index in [2.05, 4.69) is 0 Å². The zero-order valence-corrected chi connectivity index (χ0v) is 17.8. The van der Waals surface area contributed by atoms with Crippen LogP contribution in [0.2, 0.25) is 5.02 Å². The van der Waals surface area contributed by atoms with Gasteiger partial charge in [-0.2, -0.15) is 0 Å². The van der Waals surface area contributed by atoms with E-state index in [4.69, 9.17) is 21.1 Å². The Morgan fingerprint density at radius 3 is 2.30 bits per heavy atom. The molecule has 7 heteroatoms.